The molecule has 0 aromatic heterocycles. The van der Waals surface area contributed by atoms with Crippen molar-refractivity contribution in [3.05, 3.63) is 48.3 Å². The Bertz CT molecular complexity index is 396. The Hall–Kier alpha value is -2.10. The van der Waals surface area contributed by atoms with E-state index < -0.39 is 0 Å². The van der Waals surface area contributed by atoms with Crippen LogP contribution >= 0.6 is 0 Å². The molecular weight excluding hydrogens is 226 g/mol. The minimum Gasteiger partial charge on any atom is -0.497 e. The Kier molecular flexibility index (Phi) is 6.25. The van der Waals surface area contributed by atoms with Gasteiger partial charge >= 0.3 is 0 Å². The normalized spacial score (nSPS) is 11.4. The predicted molar refractivity (Wildman–Crippen MR) is 76.3 cm³/mol. The maximum atomic E-state index is 5.11. The third-order valence-electron chi connectivity index (χ3n) is 2.29. The van der Waals surface area contributed by atoms with Crippen molar-refractivity contribution in [2.75, 3.05) is 19.6 Å². The van der Waals surface area contributed by atoms with Crippen LogP contribution in [-0.2, 0) is 0 Å². The summed E-state index contributed by atoms with van der Waals surface area (Å²) in [5, 5.41) is 2.96. The van der Waals surface area contributed by atoms with Crippen molar-refractivity contribution in [1.82, 2.24) is 10.7 Å². The van der Waals surface area contributed by atoms with E-state index >= 15 is 0 Å². The average molecular weight is 247 g/mol. The first-order chi connectivity index (χ1) is 8.80. The lowest BCUT2D eigenvalue weighted by Crippen LogP contribution is -2.20. The third kappa shape index (κ3) is 4.82. The van der Waals surface area contributed by atoms with Crippen molar-refractivity contribution < 1.29 is 4.74 Å². The van der Waals surface area contributed by atoms with Crippen LogP contribution < -0.4 is 20.9 Å². The summed E-state index contributed by atoms with van der Waals surface area (Å²) in [5.41, 5.74) is 8.29. The first-order valence-corrected chi connectivity index (χ1v) is 6.00. The van der Waals surface area contributed by atoms with Gasteiger partial charge in [0.05, 0.1) is 18.5 Å². The topological polar surface area (TPSA) is 45.3 Å². The number of nitrogens with one attached hydrogen (secondary N) is 3. The van der Waals surface area contributed by atoms with Gasteiger partial charge in [0.15, 0.2) is 0 Å². The van der Waals surface area contributed by atoms with Crippen molar-refractivity contribution in [2.24, 2.45) is 0 Å². The third-order valence-corrected chi connectivity index (χ3v) is 2.29. The molecule has 0 radical (unpaired) electrons. The van der Waals surface area contributed by atoms with E-state index in [-0.39, 0.29) is 0 Å². The van der Waals surface area contributed by atoms with Gasteiger partial charge in [-0.3, -0.25) is 0 Å². The van der Waals surface area contributed by atoms with Gasteiger partial charge in [-0.25, -0.2) is 0 Å². The summed E-state index contributed by atoms with van der Waals surface area (Å²) in [6.07, 6.45) is 6.93. The lowest BCUT2D eigenvalue weighted by molar-refractivity contribution is 0.415. The largest absolute Gasteiger partial charge is 0.497 e. The van der Waals surface area contributed by atoms with Crippen LogP contribution in [0.15, 0.2) is 48.3 Å². The Morgan fingerprint density at radius 2 is 2.00 bits per heavy atom. The smallest absolute Gasteiger partial charge is 0.119 e. The van der Waals surface area contributed by atoms with Crippen LogP contribution in [0.1, 0.15) is 13.3 Å². The lowest BCUT2D eigenvalue weighted by Gasteiger charge is -2.11. The number of hydrogen-bond acceptors (Lipinski definition) is 4. The molecule has 98 valence electrons. The van der Waals surface area contributed by atoms with Crippen molar-refractivity contribution in [2.45, 2.75) is 13.3 Å². The monoisotopic (exact) mass is 247 g/mol. The summed E-state index contributed by atoms with van der Waals surface area (Å²) in [5.74, 6) is 0.847. The molecule has 3 N–H and O–H groups in total. The van der Waals surface area contributed by atoms with Crippen molar-refractivity contribution >= 4 is 5.69 Å². The first kappa shape index (κ1) is 14.0. The molecule has 4 nitrogen and oxygen atoms in total. The summed E-state index contributed by atoms with van der Waals surface area (Å²) in [4.78, 5) is 0. The van der Waals surface area contributed by atoms with Crippen LogP contribution in [0.2, 0.25) is 0 Å². The van der Waals surface area contributed by atoms with Crippen LogP contribution in [0.4, 0.5) is 5.69 Å². The number of allylic oxidation sites excluding steroid dienone is 2. The SMILES string of the molecule is CCC=C(C=CNC)NNc1ccc(OC)cc1. The molecule has 0 aliphatic heterocycles. The second-order valence-electron chi connectivity index (χ2n) is 3.67. The highest BCUT2D eigenvalue weighted by Crippen LogP contribution is 2.14. The van der Waals surface area contributed by atoms with Gasteiger partial charge in [0.1, 0.15) is 5.75 Å². The lowest BCUT2D eigenvalue weighted by atomic mass is 10.3. The van der Waals surface area contributed by atoms with Gasteiger partial charge in [0.2, 0.25) is 0 Å². The van der Waals surface area contributed by atoms with Crippen molar-refractivity contribution in [3.63, 3.8) is 0 Å². The summed E-state index contributed by atoms with van der Waals surface area (Å²) in [7, 11) is 3.53. The van der Waals surface area contributed by atoms with Crippen molar-refractivity contribution in [3.8, 4) is 5.75 Å². The Morgan fingerprint density at radius 3 is 2.56 bits per heavy atom. The Morgan fingerprint density at radius 1 is 1.28 bits per heavy atom. The number of hydrogen-bond donors (Lipinski definition) is 3. The predicted octanol–water partition coefficient (Wildman–Crippen LogP) is 2.64. The molecule has 0 amide bonds. The van der Waals surface area contributed by atoms with Gasteiger partial charge in [0, 0.05) is 7.05 Å². The molecule has 0 bridgehead atoms. The van der Waals surface area contributed by atoms with Crippen LogP contribution in [0.5, 0.6) is 5.75 Å². The highest BCUT2D eigenvalue weighted by atomic mass is 16.5. The Labute approximate surface area is 109 Å². The van der Waals surface area contributed by atoms with Crippen LogP contribution in [-0.4, -0.2) is 14.2 Å². The van der Waals surface area contributed by atoms with Gasteiger partial charge in [-0.15, -0.1) is 0 Å². The molecular formula is C14H21N3O. The maximum absolute atomic E-state index is 5.11. The summed E-state index contributed by atoms with van der Waals surface area (Å²) in [6, 6.07) is 7.74. The molecule has 0 heterocycles. The van der Waals surface area contributed by atoms with Crippen LogP contribution in [0.3, 0.4) is 0 Å². The molecule has 0 aliphatic carbocycles. The van der Waals surface area contributed by atoms with E-state index in [1.165, 1.54) is 0 Å². The van der Waals surface area contributed by atoms with Gasteiger partial charge in [-0.1, -0.05) is 13.0 Å². The van der Waals surface area contributed by atoms with E-state index in [1.54, 1.807) is 7.11 Å². The molecule has 1 rings (SSSR count). The molecule has 0 aliphatic rings. The summed E-state index contributed by atoms with van der Waals surface area (Å²) < 4.78 is 5.11. The van der Waals surface area contributed by atoms with E-state index in [9.17, 15) is 0 Å². The number of methoxy groups -OCH3 is 1. The molecule has 0 saturated carbocycles. The number of ether oxygens (including phenoxy) is 1. The first-order valence-electron chi connectivity index (χ1n) is 6.00. The quantitative estimate of drug-likeness (QED) is 0.512. The van der Waals surface area contributed by atoms with Crippen LogP contribution in [0, 0.1) is 0 Å². The second-order valence-corrected chi connectivity index (χ2v) is 3.67. The maximum Gasteiger partial charge on any atom is 0.119 e. The van der Waals surface area contributed by atoms with Gasteiger partial charge < -0.3 is 20.9 Å². The highest BCUT2D eigenvalue weighted by Gasteiger charge is 1.94. The number of rotatable bonds is 7. The van der Waals surface area contributed by atoms with E-state index in [0.29, 0.717) is 0 Å². The summed E-state index contributed by atoms with van der Waals surface area (Å²) >= 11 is 0. The number of hydrazine groups is 1. The standard InChI is InChI=1S/C14H21N3O/c1-4-5-12(10-11-15-2)16-17-13-6-8-14(18-3)9-7-13/h5-11,15-17H,4H2,1-3H3. The van der Waals surface area contributed by atoms with Gasteiger partial charge in [0.25, 0.3) is 0 Å². The van der Waals surface area contributed by atoms with E-state index in [0.717, 1.165) is 23.6 Å². The molecule has 0 saturated heterocycles. The molecule has 0 spiro atoms. The zero-order valence-electron chi connectivity index (χ0n) is 11.2. The second kappa shape index (κ2) is 8.06. The average Bonchev–Trinajstić information content (AvgIpc) is 2.42. The molecule has 0 unspecified atom stereocenters. The minimum atomic E-state index is 0.847. The number of anilines is 1. The fourth-order valence-corrected chi connectivity index (χ4v) is 1.37. The van der Waals surface area contributed by atoms with Crippen LogP contribution in [0.25, 0.3) is 0 Å². The van der Waals surface area contributed by atoms with Gasteiger partial charge in [-0.05, 0) is 43.0 Å². The molecule has 1 aromatic carbocycles. The van der Waals surface area contributed by atoms with E-state index in [1.807, 2.05) is 43.6 Å². The molecule has 4 heteroatoms. The van der Waals surface area contributed by atoms with Crippen molar-refractivity contribution in [1.29, 1.82) is 0 Å². The fourth-order valence-electron chi connectivity index (χ4n) is 1.37. The highest BCUT2D eigenvalue weighted by molar-refractivity contribution is 5.46. The molecule has 18 heavy (non-hydrogen) atoms. The fraction of sp³-hybridized carbons (Fsp3) is 0.286. The van der Waals surface area contributed by atoms with E-state index in [4.69, 9.17) is 4.74 Å². The minimum absolute atomic E-state index is 0.847. The van der Waals surface area contributed by atoms with E-state index in [2.05, 4.69) is 29.2 Å². The molecule has 0 atom stereocenters. The number of benzene rings is 1. The zero-order chi connectivity index (χ0) is 13.2. The van der Waals surface area contributed by atoms with Gasteiger partial charge in [-0.2, -0.15) is 0 Å². The zero-order valence-corrected chi connectivity index (χ0v) is 11.2. The summed E-state index contributed by atoms with van der Waals surface area (Å²) in [6.45, 7) is 2.10. The molecule has 1 aromatic rings. The molecule has 0 fully saturated rings. The Balaban J connectivity index is 2.55.